The van der Waals surface area contributed by atoms with E-state index >= 15 is 0 Å². The van der Waals surface area contributed by atoms with Crippen LogP contribution in [0.5, 0.6) is 0 Å². The summed E-state index contributed by atoms with van der Waals surface area (Å²) in [5, 5.41) is 7.69. The first-order chi connectivity index (χ1) is 27.3. The molecule has 2 aromatic heterocycles. The fourth-order valence-corrected chi connectivity index (χ4v) is 10.8. The van der Waals surface area contributed by atoms with Gasteiger partial charge in [-0.25, -0.2) is 0 Å². The van der Waals surface area contributed by atoms with Crippen LogP contribution in [0.4, 0.5) is 17.1 Å². The summed E-state index contributed by atoms with van der Waals surface area (Å²) in [7, 11) is 0. The van der Waals surface area contributed by atoms with Crippen molar-refractivity contribution < 1.29 is 0 Å². The highest BCUT2D eigenvalue weighted by atomic mass is 32.1. The number of thiophene rings is 2. The molecule has 0 bridgehead atoms. The van der Waals surface area contributed by atoms with Crippen LogP contribution >= 0.6 is 22.7 Å². The molecule has 0 aliphatic heterocycles. The predicted molar refractivity (Wildman–Crippen MR) is 241 cm³/mol. The lowest BCUT2D eigenvalue weighted by Gasteiger charge is -2.28. The van der Waals surface area contributed by atoms with Crippen molar-refractivity contribution in [2.45, 2.75) is 0 Å². The summed E-state index contributed by atoms with van der Waals surface area (Å²) >= 11 is 3.76. The van der Waals surface area contributed by atoms with Crippen LogP contribution < -0.4 is 4.90 Å². The average Bonchev–Trinajstić information content (AvgIpc) is 3.83. The summed E-state index contributed by atoms with van der Waals surface area (Å²) in [4.78, 5) is 2.48. The minimum Gasteiger partial charge on any atom is -0.309 e. The van der Waals surface area contributed by atoms with Crippen molar-refractivity contribution in [3.05, 3.63) is 200 Å². The minimum absolute atomic E-state index is 1.12. The molecule has 0 fully saturated rings. The molecule has 0 spiro atoms. The Hall–Kier alpha value is -6.52. The van der Waals surface area contributed by atoms with Gasteiger partial charge in [0.25, 0.3) is 0 Å². The summed E-state index contributed by atoms with van der Waals surface area (Å²) in [5.74, 6) is 0. The van der Waals surface area contributed by atoms with Crippen molar-refractivity contribution in [2.24, 2.45) is 0 Å². The molecule has 0 unspecified atom stereocenters. The van der Waals surface area contributed by atoms with E-state index in [-0.39, 0.29) is 0 Å². The van der Waals surface area contributed by atoms with Crippen LogP contribution in [0, 0.1) is 0 Å². The van der Waals surface area contributed by atoms with E-state index in [1.54, 1.807) is 0 Å². The van der Waals surface area contributed by atoms with E-state index in [0.717, 1.165) is 11.4 Å². The van der Waals surface area contributed by atoms with Crippen LogP contribution in [-0.4, -0.2) is 0 Å². The first-order valence-corrected chi connectivity index (χ1v) is 20.3. The zero-order chi connectivity index (χ0) is 36.3. The molecule has 0 amide bonds. The summed E-state index contributed by atoms with van der Waals surface area (Å²) < 4.78 is 5.20. The first-order valence-electron chi connectivity index (χ1n) is 18.7. The van der Waals surface area contributed by atoms with Gasteiger partial charge in [0.1, 0.15) is 0 Å². The molecule has 9 aromatic carbocycles. The van der Waals surface area contributed by atoms with E-state index in [1.165, 1.54) is 90.2 Å². The Morgan fingerprint density at radius 2 is 0.873 bits per heavy atom. The summed E-state index contributed by atoms with van der Waals surface area (Å²) in [5.41, 5.74) is 10.7. The maximum absolute atomic E-state index is 2.48. The van der Waals surface area contributed by atoms with Crippen molar-refractivity contribution in [1.82, 2.24) is 0 Å². The Labute approximate surface area is 327 Å². The van der Waals surface area contributed by atoms with Gasteiger partial charge in [0, 0.05) is 52.6 Å². The SMILES string of the molecule is c1ccc(-c2ccc(N(c3cccc(-c4cccc5ccccc45)c3)c3cccc4c3sc3ccccc34)cc2-c2cccc3c2sc2ccccc23)cc1. The Balaban J connectivity index is 1.19. The largest absolute Gasteiger partial charge is 0.309 e. The number of fused-ring (bicyclic) bond motifs is 7. The van der Waals surface area contributed by atoms with Gasteiger partial charge in [-0.1, -0.05) is 158 Å². The predicted octanol–water partition coefficient (Wildman–Crippen LogP) is 16.0. The van der Waals surface area contributed by atoms with Crippen molar-refractivity contribution in [1.29, 1.82) is 0 Å². The molecule has 0 aliphatic carbocycles. The van der Waals surface area contributed by atoms with E-state index in [2.05, 4.69) is 205 Å². The number of rotatable bonds is 6. The topological polar surface area (TPSA) is 3.24 Å². The van der Waals surface area contributed by atoms with Gasteiger partial charge in [0.05, 0.1) is 10.4 Å². The van der Waals surface area contributed by atoms with Crippen LogP contribution in [-0.2, 0) is 0 Å². The molecule has 0 saturated carbocycles. The molecular weight excluding hydrogens is 703 g/mol. The lowest BCUT2D eigenvalue weighted by molar-refractivity contribution is 1.30. The fourth-order valence-electron chi connectivity index (χ4n) is 8.35. The first kappa shape index (κ1) is 32.0. The fraction of sp³-hybridized carbons (Fsp3) is 0. The molecule has 258 valence electrons. The zero-order valence-electron chi connectivity index (χ0n) is 29.8. The van der Waals surface area contributed by atoms with E-state index in [0.29, 0.717) is 0 Å². The lowest BCUT2D eigenvalue weighted by Crippen LogP contribution is -2.10. The molecule has 1 nitrogen and oxygen atoms in total. The van der Waals surface area contributed by atoms with Crippen molar-refractivity contribution >= 4 is 90.9 Å². The number of hydrogen-bond donors (Lipinski definition) is 0. The van der Waals surface area contributed by atoms with Crippen LogP contribution in [0.15, 0.2) is 200 Å². The van der Waals surface area contributed by atoms with E-state index in [9.17, 15) is 0 Å². The lowest BCUT2D eigenvalue weighted by atomic mass is 9.92. The highest BCUT2D eigenvalue weighted by Crippen LogP contribution is 2.49. The quantitative estimate of drug-likeness (QED) is 0.164. The third-order valence-electron chi connectivity index (χ3n) is 10.9. The molecule has 3 heteroatoms. The molecule has 55 heavy (non-hydrogen) atoms. The molecule has 11 rings (SSSR count). The van der Waals surface area contributed by atoms with E-state index in [4.69, 9.17) is 0 Å². The molecule has 0 radical (unpaired) electrons. The van der Waals surface area contributed by atoms with Crippen LogP contribution in [0.3, 0.4) is 0 Å². The van der Waals surface area contributed by atoms with Gasteiger partial charge < -0.3 is 4.90 Å². The highest BCUT2D eigenvalue weighted by molar-refractivity contribution is 7.26. The maximum atomic E-state index is 2.48. The highest BCUT2D eigenvalue weighted by Gasteiger charge is 2.22. The molecule has 0 atom stereocenters. The van der Waals surface area contributed by atoms with Gasteiger partial charge in [-0.2, -0.15) is 0 Å². The Morgan fingerprint density at radius 1 is 0.309 bits per heavy atom. The number of anilines is 3. The number of benzene rings is 9. The van der Waals surface area contributed by atoms with Gasteiger partial charge in [0.2, 0.25) is 0 Å². The Morgan fingerprint density at radius 3 is 1.69 bits per heavy atom. The summed E-state index contributed by atoms with van der Waals surface area (Å²) in [6.45, 7) is 0. The van der Waals surface area contributed by atoms with Gasteiger partial charge in [0.15, 0.2) is 0 Å². The van der Waals surface area contributed by atoms with Crippen molar-refractivity contribution in [2.75, 3.05) is 4.90 Å². The maximum Gasteiger partial charge on any atom is 0.0640 e. The van der Waals surface area contributed by atoms with Gasteiger partial charge in [-0.05, 0) is 81.1 Å². The second kappa shape index (κ2) is 13.1. The monoisotopic (exact) mass is 735 g/mol. The molecule has 0 saturated heterocycles. The Kier molecular flexibility index (Phi) is 7.61. The van der Waals surface area contributed by atoms with Crippen LogP contribution in [0.2, 0.25) is 0 Å². The smallest absolute Gasteiger partial charge is 0.0640 e. The molecule has 2 heterocycles. The van der Waals surface area contributed by atoms with Crippen molar-refractivity contribution in [3.8, 4) is 33.4 Å². The van der Waals surface area contributed by atoms with Crippen LogP contribution in [0.25, 0.3) is 84.5 Å². The summed E-state index contributed by atoms with van der Waals surface area (Å²) in [6.07, 6.45) is 0. The zero-order valence-corrected chi connectivity index (χ0v) is 31.4. The molecular formula is C52H33NS2. The van der Waals surface area contributed by atoms with Crippen LogP contribution in [0.1, 0.15) is 0 Å². The number of nitrogens with zero attached hydrogens (tertiary/aromatic N) is 1. The third-order valence-corrected chi connectivity index (χ3v) is 13.3. The van der Waals surface area contributed by atoms with Gasteiger partial charge in [-0.3, -0.25) is 0 Å². The average molecular weight is 736 g/mol. The van der Waals surface area contributed by atoms with Crippen molar-refractivity contribution in [3.63, 3.8) is 0 Å². The standard InChI is InChI=1S/C52H33NS2/c1-2-14-34(15-3-1)41-31-30-38(33-47(41)46-25-12-24-44-42-21-6-8-28-49(42)54-51(44)46)53(48-27-13-26-45-43-22-7-9-29-50(43)55-52(45)48)37-19-10-18-36(32-37)40-23-11-17-35-16-4-5-20-39(35)40/h1-33H. The summed E-state index contributed by atoms with van der Waals surface area (Å²) in [6, 6.07) is 73.5. The van der Waals surface area contributed by atoms with E-state index < -0.39 is 0 Å². The molecule has 0 N–H and O–H groups in total. The normalized spacial score (nSPS) is 11.6. The van der Waals surface area contributed by atoms with Gasteiger partial charge >= 0.3 is 0 Å². The third kappa shape index (κ3) is 5.35. The second-order valence-corrected chi connectivity index (χ2v) is 16.1. The van der Waals surface area contributed by atoms with E-state index in [1.807, 2.05) is 22.7 Å². The molecule has 0 aliphatic rings. The molecule has 11 aromatic rings. The minimum atomic E-state index is 1.12. The number of hydrogen-bond acceptors (Lipinski definition) is 3. The van der Waals surface area contributed by atoms with Gasteiger partial charge in [-0.15, -0.1) is 22.7 Å². The second-order valence-electron chi connectivity index (χ2n) is 14.0. The Bertz CT molecular complexity index is 3220.